The van der Waals surface area contributed by atoms with Gasteiger partial charge in [-0.3, -0.25) is 9.69 Å². The molecule has 1 amide bonds. The quantitative estimate of drug-likeness (QED) is 0.794. The Morgan fingerprint density at radius 1 is 1.18 bits per heavy atom. The standard InChI is InChI=1S/C23H32N4O/c1-18(2)23-24-11-15-26(23)16-19-9-13-25(14-10-19)17-22(28)27-12-5-7-20-6-3-4-8-21(20)27/h3-4,6,8,11,15,18-19H,5,7,9-10,12-14,16-17H2,1-2H3. The predicted octanol–water partition coefficient (Wildman–Crippen LogP) is 3.70. The van der Waals surface area contributed by atoms with Crippen LogP contribution in [0.2, 0.25) is 0 Å². The molecule has 2 aliphatic rings. The van der Waals surface area contributed by atoms with Gasteiger partial charge in [-0.15, -0.1) is 0 Å². The summed E-state index contributed by atoms with van der Waals surface area (Å²) in [5, 5.41) is 0. The summed E-state index contributed by atoms with van der Waals surface area (Å²) in [6.07, 6.45) is 8.48. The molecule has 1 saturated heterocycles. The second-order valence-corrected chi connectivity index (χ2v) is 8.59. The van der Waals surface area contributed by atoms with Crippen LogP contribution in [0.1, 0.15) is 50.4 Å². The molecule has 2 aliphatic heterocycles. The van der Waals surface area contributed by atoms with E-state index in [0.717, 1.165) is 57.5 Å². The topological polar surface area (TPSA) is 41.4 Å². The third-order valence-corrected chi connectivity index (χ3v) is 6.20. The number of aromatic nitrogens is 2. The summed E-state index contributed by atoms with van der Waals surface area (Å²) in [5.41, 5.74) is 2.43. The lowest BCUT2D eigenvalue weighted by Crippen LogP contribution is -2.45. The summed E-state index contributed by atoms with van der Waals surface area (Å²) in [4.78, 5) is 21.8. The second-order valence-electron chi connectivity index (χ2n) is 8.59. The average Bonchev–Trinajstić information content (AvgIpc) is 3.17. The summed E-state index contributed by atoms with van der Waals surface area (Å²) in [7, 11) is 0. The zero-order chi connectivity index (χ0) is 19.5. The van der Waals surface area contributed by atoms with Crippen molar-refractivity contribution >= 4 is 11.6 Å². The molecule has 0 radical (unpaired) electrons. The first kappa shape index (κ1) is 19.2. The molecule has 5 heteroatoms. The number of amides is 1. The number of para-hydroxylation sites is 1. The van der Waals surface area contributed by atoms with E-state index in [2.05, 4.69) is 52.7 Å². The van der Waals surface area contributed by atoms with Crippen LogP contribution in [0.4, 0.5) is 5.69 Å². The molecule has 0 bridgehead atoms. The molecular weight excluding hydrogens is 348 g/mol. The third kappa shape index (κ3) is 4.14. The molecule has 5 nitrogen and oxygen atoms in total. The fraction of sp³-hybridized carbons (Fsp3) is 0.565. The largest absolute Gasteiger partial charge is 0.334 e. The van der Waals surface area contributed by atoms with Crippen molar-refractivity contribution in [2.24, 2.45) is 5.92 Å². The highest BCUT2D eigenvalue weighted by Gasteiger charge is 2.26. The highest BCUT2D eigenvalue weighted by atomic mass is 16.2. The van der Waals surface area contributed by atoms with Crippen LogP contribution in [-0.4, -0.2) is 46.5 Å². The van der Waals surface area contributed by atoms with E-state index in [1.54, 1.807) is 0 Å². The Hall–Kier alpha value is -2.14. The Balaban J connectivity index is 1.30. The van der Waals surface area contributed by atoms with Crippen molar-refractivity contribution in [1.82, 2.24) is 14.5 Å². The average molecular weight is 381 g/mol. The zero-order valence-electron chi connectivity index (χ0n) is 17.2. The Morgan fingerprint density at radius 3 is 2.75 bits per heavy atom. The molecule has 0 aliphatic carbocycles. The zero-order valence-corrected chi connectivity index (χ0v) is 17.2. The van der Waals surface area contributed by atoms with Crippen molar-refractivity contribution in [2.75, 3.05) is 31.1 Å². The van der Waals surface area contributed by atoms with Gasteiger partial charge in [0.05, 0.1) is 6.54 Å². The van der Waals surface area contributed by atoms with Crippen molar-refractivity contribution in [3.63, 3.8) is 0 Å². The minimum absolute atomic E-state index is 0.252. The van der Waals surface area contributed by atoms with Crippen LogP contribution in [0.5, 0.6) is 0 Å². The van der Waals surface area contributed by atoms with Crippen molar-refractivity contribution in [3.05, 3.63) is 48.0 Å². The molecule has 0 N–H and O–H groups in total. The van der Waals surface area contributed by atoms with Crippen LogP contribution >= 0.6 is 0 Å². The maximum atomic E-state index is 13.0. The maximum absolute atomic E-state index is 13.0. The van der Waals surface area contributed by atoms with Crippen molar-refractivity contribution < 1.29 is 4.79 Å². The summed E-state index contributed by atoms with van der Waals surface area (Å²) in [6.45, 7) is 8.87. The lowest BCUT2D eigenvalue weighted by atomic mass is 9.96. The number of piperidine rings is 1. The molecule has 0 atom stereocenters. The van der Waals surface area contributed by atoms with E-state index in [1.807, 2.05) is 17.2 Å². The number of aryl methyl sites for hydroxylation is 1. The molecule has 2 aromatic rings. The third-order valence-electron chi connectivity index (χ3n) is 6.20. The Bertz CT molecular complexity index is 804. The van der Waals surface area contributed by atoms with Gasteiger partial charge in [-0.05, 0) is 56.3 Å². The van der Waals surface area contributed by atoms with E-state index < -0.39 is 0 Å². The van der Waals surface area contributed by atoms with Gasteiger partial charge in [0, 0.05) is 37.1 Å². The smallest absolute Gasteiger partial charge is 0.241 e. The van der Waals surface area contributed by atoms with E-state index in [9.17, 15) is 4.79 Å². The molecule has 1 aromatic heterocycles. The molecule has 28 heavy (non-hydrogen) atoms. The van der Waals surface area contributed by atoms with Crippen molar-refractivity contribution in [3.8, 4) is 0 Å². The minimum atomic E-state index is 0.252. The van der Waals surface area contributed by atoms with E-state index in [1.165, 1.54) is 11.4 Å². The lowest BCUT2D eigenvalue weighted by molar-refractivity contribution is -0.120. The predicted molar refractivity (Wildman–Crippen MR) is 113 cm³/mol. The molecule has 1 aromatic carbocycles. The second kappa shape index (κ2) is 8.48. The number of rotatable bonds is 5. The van der Waals surface area contributed by atoms with Gasteiger partial charge in [0.15, 0.2) is 0 Å². The molecule has 0 spiro atoms. The van der Waals surface area contributed by atoms with Gasteiger partial charge in [-0.1, -0.05) is 32.0 Å². The van der Waals surface area contributed by atoms with Crippen LogP contribution in [0.3, 0.4) is 0 Å². The summed E-state index contributed by atoms with van der Waals surface area (Å²) < 4.78 is 2.32. The highest BCUT2D eigenvalue weighted by molar-refractivity contribution is 5.95. The van der Waals surface area contributed by atoms with E-state index in [-0.39, 0.29) is 5.91 Å². The fourth-order valence-electron chi connectivity index (χ4n) is 4.65. The number of imidazole rings is 1. The fourth-order valence-corrected chi connectivity index (χ4v) is 4.65. The van der Waals surface area contributed by atoms with Crippen LogP contribution in [0.15, 0.2) is 36.7 Å². The summed E-state index contributed by atoms with van der Waals surface area (Å²) in [6, 6.07) is 8.36. The maximum Gasteiger partial charge on any atom is 0.241 e. The highest BCUT2D eigenvalue weighted by Crippen LogP contribution is 2.27. The van der Waals surface area contributed by atoms with Crippen LogP contribution in [-0.2, 0) is 17.8 Å². The first-order valence-electron chi connectivity index (χ1n) is 10.7. The molecule has 0 unspecified atom stereocenters. The van der Waals surface area contributed by atoms with Crippen molar-refractivity contribution in [1.29, 1.82) is 0 Å². The summed E-state index contributed by atoms with van der Waals surface area (Å²) in [5.74, 6) is 2.57. The summed E-state index contributed by atoms with van der Waals surface area (Å²) >= 11 is 0. The lowest BCUT2D eigenvalue weighted by Gasteiger charge is -2.35. The Labute approximate surface area is 168 Å². The number of hydrogen-bond donors (Lipinski definition) is 0. The first-order valence-corrected chi connectivity index (χ1v) is 10.7. The first-order chi connectivity index (χ1) is 13.6. The number of carbonyl (C=O) groups excluding carboxylic acids is 1. The number of fused-ring (bicyclic) bond motifs is 1. The van der Waals surface area contributed by atoms with Gasteiger partial charge in [0.2, 0.25) is 5.91 Å². The molecular formula is C23H32N4O. The van der Waals surface area contributed by atoms with E-state index in [0.29, 0.717) is 18.4 Å². The van der Waals surface area contributed by atoms with E-state index in [4.69, 9.17) is 0 Å². The van der Waals surface area contributed by atoms with Gasteiger partial charge in [-0.25, -0.2) is 4.98 Å². The normalized spacial score (nSPS) is 18.5. The van der Waals surface area contributed by atoms with Crippen LogP contribution < -0.4 is 4.90 Å². The molecule has 0 saturated carbocycles. The SMILES string of the molecule is CC(C)c1nccn1CC1CCN(CC(=O)N2CCCc3ccccc32)CC1. The number of hydrogen-bond acceptors (Lipinski definition) is 3. The molecule has 150 valence electrons. The molecule has 1 fully saturated rings. The van der Waals surface area contributed by atoms with Gasteiger partial charge in [0.25, 0.3) is 0 Å². The monoisotopic (exact) mass is 380 g/mol. The molecule has 3 heterocycles. The van der Waals surface area contributed by atoms with E-state index >= 15 is 0 Å². The van der Waals surface area contributed by atoms with Gasteiger partial charge >= 0.3 is 0 Å². The van der Waals surface area contributed by atoms with Crippen LogP contribution in [0, 0.1) is 5.92 Å². The van der Waals surface area contributed by atoms with Gasteiger partial charge in [0.1, 0.15) is 5.82 Å². The number of likely N-dealkylation sites (tertiary alicyclic amines) is 1. The number of benzene rings is 1. The molecule has 4 rings (SSSR count). The minimum Gasteiger partial charge on any atom is -0.334 e. The van der Waals surface area contributed by atoms with Gasteiger partial charge < -0.3 is 9.47 Å². The number of carbonyl (C=O) groups is 1. The number of nitrogens with zero attached hydrogens (tertiary/aromatic N) is 4. The van der Waals surface area contributed by atoms with Crippen molar-refractivity contribution in [2.45, 2.75) is 52.0 Å². The van der Waals surface area contributed by atoms with Gasteiger partial charge in [-0.2, -0.15) is 0 Å². The number of anilines is 1. The van der Waals surface area contributed by atoms with Crippen LogP contribution in [0.25, 0.3) is 0 Å². The Kier molecular flexibility index (Phi) is 5.81. The Morgan fingerprint density at radius 2 is 1.96 bits per heavy atom.